The molecule has 0 spiro atoms. The maximum absolute atomic E-state index is 12.4. The molecule has 0 saturated carbocycles. The van der Waals surface area contributed by atoms with Crippen molar-refractivity contribution in [3.63, 3.8) is 0 Å². The third-order valence-electron chi connectivity index (χ3n) is 3.98. The van der Waals surface area contributed by atoms with Gasteiger partial charge in [0.05, 0.1) is 17.3 Å². The molecule has 2 rings (SSSR count). The van der Waals surface area contributed by atoms with Gasteiger partial charge in [-0.1, -0.05) is 60.5 Å². The average molecular weight is 452 g/mol. The predicted octanol–water partition coefficient (Wildman–Crippen LogP) is 4.10. The number of alkyl carbamates (subject to hydrolysis) is 1. The maximum Gasteiger partial charge on any atom is 0.407 e. The molecule has 30 heavy (non-hydrogen) atoms. The summed E-state index contributed by atoms with van der Waals surface area (Å²) in [6.45, 7) is 1.88. The molecular formula is C21H23Cl2N3O4. The monoisotopic (exact) mass is 451 g/mol. The maximum atomic E-state index is 12.4. The molecule has 0 atom stereocenters. The Morgan fingerprint density at radius 1 is 1.07 bits per heavy atom. The van der Waals surface area contributed by atoms with Crippen LogP contribution in [0.5, 0.6) is 0 Å². The van der Waals surface area contributed by atoms with E-state index in [2.05, 4.69) is 10.6 Å². The SMILES string of the molecule is CCCN(CC(=O)Nc1cc(Cl)ccc1Cl)C(=O)CNC(=O)OCc1ccccc1. The van der Waals surface area contributed by atoms with E-state index in [0.29, 0.717) is 28.7 Å². The zero-order chi connectivity index (χ0) is 21.9. The molecule has 0 fully saturated rings. The first-order valence-electron chi connectivity index (χ1n) is 9.36. The topological polar surface area (TPSA) is 87.7 Å². The molecule has 7 nitrogen and oxygen atoms in total. The van der Waals surface area contributed by atoms with Gasteiger partial charge in [0, 0.05) is 11.6 Å². The van der Waals surface area contributed by atoms with E-state index in [0.717, 1.165) is 5.56 Å². The number of amides is 3. The van der Waals surface area contributed by atoms with Gasteiger partial charge in [0.2, 0.25) is 11.8 Å². The van der Waals surface area contributed by atoms with Gasteiger partial charge in [-0.05, 0) is 30.2 Å². The molecule has 0 aliphatic rings. The predicted molar refractivity (Wildman–Crippen MR) is 117 cm³/mol. The quantitative estimate of drug-likeness (QED) is 0.600. The van der Waals surface area contributed by atoms with Crippen molar-refractivity contribution in [1.29, 1.82) is 0 Å². The smallest absolute Gasteiger partial charge is 0.407 e. The highest BCUT2D eigenvalue weighted by molar-refractivity contribution is 6.35. The Kier molecular flexibility index (Phi) is 9.44. The molecular weight excluding hydrogens is 429 g/mol. The van der Waals surface area contributed by atoms with Crippen LogP contribution < -0.4 is 10.6 Å². The van der Waals surface area contributed by atoms with Gasteiger partial charge in [0.1, 0.15) is 13.2 Å². The standard InChI is InChI=1S/C21H23Cl2N3O4/c1-2-10-26(13-19(27)25-18-11-16(22)8-9-17(18)23)20(28)12-24-21(29)30-14-15-6-4-3-5-7-15/h3-9,11H,2,10,12-14H2,1H3,(H,24,29)(H,25,27). The summed E-state index contributed by atoms with van der Waals surface area (Å²) in [6.07, 6.45) is -0.0612. The molecule has 0 aliphatic carbocycles. The number of hydrogen-bond acceptors (Lipinski definition) is 4. The zero-order valence-corrected chi connectivity index (χ0v) is 18.0. The van der Waals surface area contributed by atoms with Gasteiger partial charge in [-0.2, -0.15) is 0 Å². The number of nitrogens with one attached hydrogen (secondary N) is 2. The van der Waals surface area contributed by atoms with Gasteiger partial charge >= 0.3 is 6.09 Å². The van der Waals surface area contributed by atoms with Crippen LogP contribution in [0.4, 0.5) is 10.5 Å². The number of ether oxygens (including phenoxy) is 1. The van der Waals surface area contributed by atoms with Gasteiger partial charge in [-0.3, -0.25) is 9.59 Å². The summed E-state index contributed by atoms with van der Waals surface area (Å²) in [4.78, 5) is 38.0. The summed E-state index contributed by atoms with van der Waals surface area (Å²) in [7, 11) is 0. The minimum absolute atomic E-state index is 0.0995. The van der Waals surface area contributed by atoms with Crippen LogP contribution in [0, 0.1) is 0 Å². The van der Waals surface area contributed by atoms with Crippen LogP contribution in [0.25, 0.3) is 0 Å². The molecule has 2 aromatic rings. The third-order valence-corrected chi connectivity index (χ3v) is 4.54. The fraction of sp³-hybridized carbons (Fsp3) is 0.286. The molecule has 0 heterocycles. The summed E-state index contributed by atoms with van der Waals surface area (Å²) in [6, 6.07) is 13.9. The Morgan fingerprint density at radius 3 is 2.50 bits per heavy atom. The second kappa shape index (κ2) is 12.0. The molecule has 0 radical (unpaired) electrons. The minimum atomic E-state index is -0.709. The Bertz CT molecular complexity index is 878. The van der Waals surface area contributed by atoms with Crippen molar-refractivity contribution in [3.8, 4) is 0 Å². The molecule has 9 heteroatoms. The van der Waals surface area contributed by atoms with Crippen molar-refractivity contribution in [2.24, 2.45) is 0 Å². The Morgan fingerprint density at radius 2 is 1.80 bits per heavy atom. The largest absolute Gasteiger partial charge is 0.445 e. The zero-order valence-electron chi connectivity index (χ0n) is 16.5. The van der Waals surface area contributed by atoms with Gasteiger partial charge in [0.25, 0.3) is 0 Å². The summed E-state index contributed by atoms with van der Waals surface area (Å²) in [5.74, 6) is -0.825. The number of benzene rings is 2. The summed E-state index contributed by atoms with van der Waals surface area (Å²) in [5, 5.41) is 5.81. The van der Waals surface area contributed by atoms with E-state index in [-0.39, 0.29) is 19.7 Å². The second-order valence-corrected chi connectivity index (χ2v) is 7.25. The summed E-state index contributed by atoms with van der Waals surface area (Å²) < 4.78 is 5.08. The molecule has 2 N–H and O–H groups in total. The van der Waals surface area contributed by atoms with E-state index < -0.39 is 17.9 Å². The minimum Gasteiger partial charge on any atom is -0.445 e. The lowest BCUT2D eigenvalue weighted by Gasteiger charge is -2.22. The van der Waals surface area contributed by atoms with Crippen molar-refractivity contribution in [2.45, 2.75) is 20.0 Å². The van der Waals surface area contributed by atoms with Crippen LogP contribution in [0.15, 0.2) is 48.5 Å². The summed E-state index contributed by atoms with van der Waals surface area (Å²) >= 11 is 12.0. The molecule has 0 unspecified atom stereocenters. The van der Waals surface area contributed by atoms with Crippen molar-refractivity contribution >= 4 is 46.8 Å². The van der Waals surface area contributed by atoms with Gasteiger partial charge in [0.15, 0.2) is 0 Å². The number of carbonyl (C=O) groups excluding carboxylic acids is 3. The van der Waals surface area contributed by atoms with E-state index in [1.54, 1.807) is 12.1 Å². The van der Waals surface area contributed by atoms with Crippen molar-refractivity contribution in [3.05, 3.63) is 64.1 Å². The van der Waals surface area contributed by atoms with Crippen LogP contribution in [-0.2, 0) is 20.9 Å². The molecule has 0 aromatic heterocycles. The van der Waals surface area contributed by atoms with Gasteiger partial charge < -0.3 is 20.3 Å². The number of anilines is 1. The van der Waals surface area contributed by atoms with Crippen molar-refractivity contribution in [2.75, 3.05) is 25.0 Å². The third kappa shape index (κ3) is 7.93. The number of hydrogen-bond donors (Lipinski definition) is 2. The summed E-state index contributed by atoms with van der Waals surface area (Å²) in [5.41, 5.74) is 1.20. The Hall–Kier alpha value is -2.77. The number of rotatable bonds is 9. The fourth-order valence-electron chi connectivity index (χ4n) is 2.55. The first kappa shape index (κ1) is 23.5. The second-order valence-electron chi connectivity index (χ2n) is 6.40. The van der Waals surface area contributed by atoms with E-state index >= 15 is 0 Å². The van der Waals surface area contributed by atoms with Crippen molar-refractivity contribution in [1.82, 2.24) is 10.2 Å². The first-order chi connectivity index (χ1) is 14.4. The van der Waals surface area contributed by atoms with Crippen LogP contribution in [-0.4, -0.2) is 42.4 Å². The highest BCUT2D eigenvalue weighted by Crippen LogP contribution is 2.25. The highest BCUT2D eigenvalue weighted by Gasteiger charge is 2.18. The van der Waals surface area contributed by atoms with E-state index in [1.165, 1.54) is 11.0 Å². The fourth-order valence-corrected chi connectivity index (χ4v) is 2.89. The number of nitrogens with zero attached hydrogens (tertiary/aromatic N) is 1. The molecule has 2 aromatic carbocycles. The Balaban J connectivity index is 1.83. The van der Waals surface area contributed by atoms with E-state index in [4.69, 9.17) is 27.9 Å². The van der Waals surface area contributed by atoms with Crippen LogP contribution >= 0.6 is 23.2 Å². The van der Waals surface area contributed by atoms with Crippen LogP contribution in [0.2, 0.25) is 10.0 Å². The molecule has 3 amide bonds. The molecule has 0 aliphatic heterocycles. The number of halogens is 2. The van der Waals surface area contributed by atoms with Gasteiger partial charge in [-0.25, -0.2) is 4.79 Å². The highest BCUT2D eigenvalue weighted by atomic mass is 35.5. The van der Waals surface area contributed by atoms with E-state index in [1.807, 2.05) is 37.3 Å². The average Bonchev–Trinajstić information content (AvgIpc) is 2.73. The lowest BCUT2D eigenvalue weighted by atomic mass is 10.2. The van der Waals surface area contributed by atoms with Crippen LogP contribution in [0.1, 0.15) is 18.9 Å². The number of carbonyl (C=O) groups is 3. The van der Waals surface area contributed by atoms with E-state index in [9.17, 15) is 14.4 Å². The Labute approximate surface area is 185 Å². The van der Waals surface area contributed by atoms with Crippen LogP contribution in [0.3, 0.4) is 0 Å². The molecule has 0 bridgehead atoms. The van der Waals surface area contributed by atoms with Gasteiger partial charge in [-0.15, -0.1) is 0 Å². The lowest BCUT2D eigenvalue weighted by molar-refractivity contribution is -0.133. The molecule has 160 valence electrons. The normalized spacial score (nSPS) is 10.2. The first-order valence-corrected chi connectivity index (χ1v) is 10.1. The molecule has 0 saturated heterocycles. The van der Waals surface area contributed by atoms with Crippen molar-refractivity contribution < 1.29 is 19.1 Å². The lowest BCUT2D eigenvalue weighted by Crippen LogP contribution is -2.44.